The maximum absolute atomic E-state index is 14.8. The molecule has 0 aliphatic heterocycles. The van der Waals surface area contributed by atoms with Crippen molar-refractivity contribution in [1.29, 1.82) is 0 Å². The minimum atomic E-state index is -2.99. The summed E-state index contributed by atoms with van der Waals surface area (Å²) in [7, 11) is 0. The Kier molecular flexibility index (Phi) is 4.05. The first-order valence-electron chi connectivity index (χ1n) is 9.23. The Morgan fingerprint density at radius 1 is 1.37 bits per heavy atom. The maximum atomic E-state index is 14.8. The molecule has 2 N–H and O–H groups in total. The van der Waals surface area contributed by atoms with E-state index in [0.29, 0.717) is 22.0 Å². The first-order valence-corrected chi connectivity index (χ1v) is 9.23. The molecule has 1 aromatic carbocycles. The van der Waals surface area contributed by atoms with E-state index < -0.39 is 35.8 Å². The lowest BCUT2D eigenvalue weighted by molar-refractivity contribution is -0.117. The van der Waals surface area contributed by atoms with Crippen molar-refractivity contribution in [3.8, 4) is 11.1 Å². The van der Waals surface area contributed by atoms with Crippen molar-refractivity contribution in [1.82, 2.24) is 19.8 Å². The second-order valence-corrected chi connectivity index (χ2v) is 7.35. The van der Waals surface area contributed by atoms with E-state index in [0.717, 1.165) is 0 Å². The summed E-state index contributed by atoms with van der Waals surface area (Å²) in [5, 5.41) is 13.5. The van der Waals surface area contributed by atoms with Gasteiger partial charge in [-0.3, -0.25) is 9.89 Å². The summed E-state index contributed by atoms with van der Waals surface area (Å²) >= 11 is 0. The molecule has 1 saturated carbocycles. The molecule has 1 fully saturated rings. The number of hydrogen-bond acceptors (Lipinski definition) is 3. The number of aromatic amines is 1. The lowest BCUT2D eigenvalue weighted by Crippen LogP contribution is -2.15. The number of rotatable bonds is 4. The Hall–Kier alpha value is -3.43. The molecule has 1 amide bonds. The maximum Gasteiger partial charge on any atom is 0.268 e. The number of H-pyrrole nitrogens is 1. The van der Waals surface area contributed by atoms with E-state index >= 15 is 0 Å². The van der Waals surface area contributed by atoms with Gasteiger partial charge < -0.3 is 5.32 Å². The van der Waals surface area contributed by atoms with Crippen LogP contribution in [-0.2, 0) is 4.79 Å². The smallest absolute Gasteiger partial charge is 0.268 e. The number of anilines is 1. The fourth-order valence-corrected chi connectivity index (χ4v) is 3.75. The SMILES string of the molecule is Cc1c(F)c(C(F)F)c2[nH]ncc2c1-c1ccn2nc(NC(=O)[C@@H]3C[C@@H]3F)cc2c1. The largest absolute Gasteiger partial charge is 0.309 e. The number of nitrogens with zero attached hydrogens (tertiary/aromatic N) is 3. The minimum absolute atomic E-state index is 0.0466. The number of carbonyl (C=O) groups excluding carboxylic acids is 1. The summed E-state index contributed by atoms with van der Waals surface area (Å²) in [5.41, 5.74) is 0.937. The molecule has 0 unspecified atom stereocenters. The van der Waals surface area contributed by atoms with Gasteiger partial charge in [0.1, 0.15) is 12.0 Å². The third-order valence-corrected chi connectivity index (χ3v) is 5.39. The van der Waals surface area contributed by atoms with Gasteiger partial charge in [-0.2, -0.15) is 10.2 Å². The number of carbonyl (C=O) groups is 1. The first-order chi connectivity index (χ1) is 14.3. The van der Waals surface area contributed by atoms with Crippen LogP contribution in [0, 0.1) is 18.7 Å². The molecule has 2 atom stereocenters. The van der Waals surface area contributed by atoms with Gasteiger partial charge in [0.15, 0.2) is 5.82 Å². The molecule has 5 rings (SSSR count). The van der Waals surface area contributed by atoms with E-state index in [4.69, 9.17) is 0 Å². The van der Waals surface area contributed by atoms with Gasteiger partial charge in [-0.25, -0.2) is 22.1 Å². The second kappa shape index (κ2) is 6.54. The Labute approximate surface area is 166 Å². The zero-order chi connectivity index (χ0) is 21.2. The summed E-state index contributed by atoms with van der Waals surface area (Å²) in [6, 6.07) is 4.97. The van der Waals surface area contributed by atoms with Crippen LogP contribution in [0.4, 0.5) is 23.4 Å². The standard InChI is InChI=1S/C20H15F4N5O/c1-8-15(12-7-25-27-18(12)16(17(8)22)19(23)24)9-2-3-29-10(4-9)5-14(28-29)26-20(30)11-6-13(11)21/h2-5,7,11,13,19H,6H2,1H3,(H,25,27)(H,26,28,30)/t11-,13+/m1/s1. The summed E-state index contributed by atoms with van der Waals surface area (Å²) in [6.07, 6.45) is -0.888. The highest BCUT2D eigenvalue weighted by Crippen LogP contribution is 2.39. The Morgan fingerprint density at radius 2 is 2.13 bits per heavy atom. The summed E-state index contributed by atoms with van der Waals surface area (Å²) in [5.74, 6) is -1.78. The number of hydrogen-bond donors (Lipinski definition) is 2. The molecule has 0 saturated heterocycles. The lowest BCUT2D eigenvalue weighted by Gasteiger charge is -2.13. The number of benzene rings is 1. The second-order valence-electron chi connectivity index (χ2n) is 7.35. The topological polar surface area (TPSA) is 75.1 Å². The molecule has 0 bridgehead atoms. The third-order valence-electron chi connectivity index (χ3n) is 5.39. The van der Waals surface area contributed by atoms with E-state index in [1.165, 1.54) is 17.6 Å². The highest BCUT2D eigenvalue weighted by atomic mass is 19.3. The normalized spacial score (nSPS) is 18.5. The fraction of sp³-hybridized carbons (Fsp3) is 0.250. The molecule has 0 spiro atoms. The van der Waals surface area contributed by atoms with Gasteiger partial charge in [0, 0.05) is 17.6 Å². The average molecular weight is 417 g/mol. The van der Waals surface area contributed by atoms with Crippen LogP contribution < -0.4 is 5.32 Å². The van der Waals surface area contributed by atoms with Crippen LogP contribution in [-0.4, -0.2) is 31.9 Å². The molecule has 0 radical (unpaired) electrons. The average Bonchev–Trinajstić information content (AvgIpc) is 3.08. The van der Waals surface area contributed by atoms with Crippen molar-refractivity contribution in [2.45, 2.75) is 25.9 Å². The van der Waals surface area contributed by atoms with E-state index in [1.807, 2.05) is 0 Å². The molecule has 10 heteroatoms. The molecular formula is C20H15F4N5O. The van der Waals surface area contributed by atoms with Crippen molar-refractivity contribution in [2.75, 3.05) is 5.32 Å². The van der Waals surface area contributed by atoms with Crippen LogP contribution in [0.3, 0.4) is 0 Å². The van der Waals surface area contributed by atoms with Gasteiger partial charge in [0.25, 0.3) is 6.43 Å². The number of aromatic nitrogens is 4. The van der Waals surface area contributed by atoms with Gasteiger partial charge in [0.05, 0.1) is 28.7 Å². The Bertz CT molecular complexity index is 1310. The van der Waals surface area contributed by atoms with E-state index in [9.17, 15) is 22.4 Å². The van der Waals surface area contributed by atoms with Crippen molar-refractivity contribution in [3.05, 3.63) is 47.5 Å². The van der Waals surface area contributed by atoms with Crippen molar-refractivity contribution < 1.29 is 22.4 Å². The van der Waals surface area contributed by atoms with Crippen LogP contribution in [0.15, 0.2) is 30.6 Å². The fourth-order valence-electron chi connectivity index (χ4n) is 3.75. The molecule has 154 valence electrons. The zero-order valence-electron chi connectivity index (χ0n) is 15.6. The van der Waals surface area contributed by atoms with Gasteiger partial charge in [-0.15, -0.1) is 0 Å². The Balaban J connectivity index is 1.59. The van der Waals surface area contributed by atoms with Crippen molar-refractivity contribution in [3.63, 3.8) is 0 Å². The quantitative estimate of drug-likeness (QED) is 0.478. The molecule has 3 heterocycles. The molecule has 3 aromatic heterocycles. The van der Waals surface area contributed by atoms with Crippen LogP contribution >= 0.6 is 0 Å². The van der Waals surface area contributed by atoms with E-state index in [-0.39, 0.29) is 23.3 Å². The first kappa shape index (κ1) is 18.6. The summed E-state index contributed by atoms with van der Waals surface area (Å²) in [4.78, 5) is 11.9. The van der Waals surface area contributed by atoms with Gasteiger partial charge >= 0.3 is 0 Å². The predicted molar refractivity (Wildman–Crippen MR) is 102 cm³/mol. The molecule has 1 aliphatic carbocycles. The zero-order valence-corrected chi connectivity index (χ0v) is 15.6. The van der Waals surface area contributed by atoms with Gasteiger partial charge in [-0.05, 0) is 42.2 Å². The highest BCUT2D eigenvalue weighted by Gasteiger charge is 2.43. The molecular weight excluding hydrogens is 402 g/mol. The molecule has 30 heavy (non-hydrogen) atoms. The molecule has 1 aliphatic rings. The molecule has 4 aromatic rings. The Morgan fingerprint density at radius 3 is 2.83 bits per heavy atom. The number of pyridine rings is 1. The van der Waals surface area contributed by atoms with E-state index in [1.54, 1.807) is 24.4 Å². The monoisotopic (exact) mass is 417 g/mol. The minimum Gasteiger partial charge on any atom is -0.309 e. The highest BCUT2D eigenvalue weighted by molar-refractivity contribution is 5.99. The third kappa shape index (κ3) is 2.82. The van der Waals surface area contributed by atoms with Gasteiger partial charge in [0.2, 0.25) is 5.91 Å². The van der Waals surface area contributed by atoms with Crippen LogP contribution in [0.1, 0.15) is 24.0 Å². The number of amides is 1. The number of alkyl halides is 3. The van der Waals surface area contributed by atoms with E-state index in [2.05, 4.69) is 20.6 Å². The van der Waals surface area contributed by atoms with Crippen molar-refractivity contribution >= 4 is 28.1 Å². The summed E-state index contributed by atoms with van der Waals surface area (Å²) < 4.78 is 56.1. The summed E-state index contributed by atoms with van der Waals surface area (Å²) in [6.45, 7) is 1.44. The number of halogens is 4. The number of fused-ring (bicyclic) bond motifs is 2. The number of nitrogens with one attached hydrogen (secondary N) is 2. The van der Waals surface area contributed by atoms with Crippen LogP contribution in [0.5, 0.6) is 0 Å². The molecule has 6 nitrogen and oxygen atoms in total. The van der Waals surface area contributed by atoms with Gasteiger partial charge in [-0.1, -0.05) is 0 Å². The van der Waals surface area contributed by atoms with Crippen LogP contribution in [0.2, 0.25) is 0 Å². The van der Waals surface area contributed by atoms with Crippen molar-refractivity contribution in [2.24, 2.45) is 5.92 Å². The van der Waals surface area contributed by atoms with Crippen LogP contribution in [0.25, 0.3) is 27.5 Å². The lowest BCUT2D eigenvalue weighted by atomic mass is 9.94. The predicted octanol–water partition coefficient (Wildman–Crippen LogP) is 4.56.